The van der Waals surface area contributed by atoms with Gasteiger partial charge in [0.1, 0.15) is 5.82 Å². The van der Waals surface area contributed by atoms with Gasteiger partial charge in [-0.3, -0.25) is 4.79 Å². The molecule has 0 aliphatic heterocycles. The third kappa shape index (κ3) is 4.65. The molecule has 0 saturated heterocycles. The molecule has 1 N–H and O–H groups in total. The third-order valence-electron chi connectivity index (χ3n) is 2.74. The van der Waals surface area contributed by atoms with Crippen molar-refractivity contribution < 1.29 is 9.18 Å². The second-order valence-electron chi connectivity index (χ2n) is 4.33. The lowest BCUT2D eigenvalue weighted by Crippen LogP contribution is -2.17. The molecule has 0 bridgehead atoms. The summed E-state index contributed by atoms with van der Waals surface area (Å²) in [5.74, 6) is -0.495. The number of carbonyl (C=O) groups is 1. The number of benzene rings is 2. The predicted octanol–water partition coefficient (Wildman–Crippen LogP) is 2.91. The average molecular weight is 270 g/mol. The van der Waals surface area contributed by atoms with Crippen LogP contribution in [0.4, 0.5) is 4.39 Å². The van der Waals surface area contributed by atoms with Gasteiger partial charge in [0.05, 0.1) is 6.21 Å². The molecule has 0 aliphatic carbocycles. The summed E-state index contributed by atoms with van der Waals surface area (Å²) in [5, 5.41) is 3.80. The van der Waals surface area contributed by atoms with Crippen molar-refractivity contribution >= 4 is 12.1 Å². The van der Waals surface area contributed by atoms with E-state index in [2.05, 4.69) is 10.5 Å². The molecule has 2 aromatic carbocycles. The highest BCUT2D eigenvalue weighted by atomic mass is 19.1. The highest BCUT2D eigenvalue weighted by Gasteiger charge is 2.00. The molecule has 0 fully saturated rings. The first kappa shape index (κ1) is 13.9. The van der Waals surface area contributed by atoms with Crippen molar-refractivity contribution in [3.63, 3.8) is 0 Å². The van der Waals surface area contributed by atoms with E-state index >= 15 is 0 Å². The van der Waals surface area contributed by atoms with Crippen LogP contribution < -0.4 is 5.43 Å². The van der Waals surface area contributed by atoms with Crippen LogP contribution in [0.5, 0.6) is 0 Å². The summed E-state index contributed by atoms with van der Waals surface area (Å²) in [6.45, 7) is 0. The molecule has 2 aromatic rings. The molecular weight excluding hydrogens is 255 g/mol. The van der Waals surface area contributed by atoms with Gasteiger partial charge >= 0.3 is 0 Å². The molecule has 4 heteroatoms. The molecule has 2 rings (SSSR count). The van der Waals surface area contributed by atoms with Crippen LogP contribution in [0.3, 0.4) is 0 Å². The molecular formula is C16H15FN2O. The normalized spacial score (nSPS) is 10.7. The Kier molecular flexibility index (Phi) is 5.00. The number of nitrogens with one attached hydrogen (secondary N) is 1. The summed E-state index contributed by atoms with van der Waals surface area (Å²) in [6.07, 6.45) is 2.45. The van der Waals surface area contributed by atoms with Crippen molar-refractivity contribution in [2.45, 2.75) is 12.8 Å². The van der Waals surface area contributed by atoms with Crippen molar-refractivity contribution in [2.75, 3.05) is 0 Å². The highest BCUT2D eigenvalue weighted by Crippen LogP contribution is 2.02. The molecule has 1 amide bonds. The van der Waals surface area contributed by atoms with Crippen LogP contribution in [0.25, 0.3) is 0 Å². The van der Waals surface area contributed by atoms with Crippen LogP contribution >= 0.6 is 0 Å². The Morgan fingerprint density at radius 1 is 1.15 bits per heavy atom. The minimum Gasteiger partial charge on any atom is -0.273 e. The van der Waals surface area contributed by atoms with E-state index in [1.165, 1.54) is 18.3 Å². The van der Waals surface area contributed by atoms with Gasteiger partial charge in [0.15, 0.2) is 0 Å². The van der Waals surface area contributed by atoms with Gasteiger partial charge in [-0.15, -0.1) is 0 Å². The van der Waals surface area contributed by atoms with E-state index in [4.69, 9.17) is 0 Å². The van der Waals surface area contributed by atoms with E-state index in [9.17, 15) is 9.18 Å². The molecule has 0 heterocycles. The Labute approximate surface area is 117 Å². The number of hydrogen-bond acceptors (Lipinski definition) is 2. The minimum absolute atomic E-state index is 0.165. The summed E-state index contributed by atoms with van der Waals surface area (Å²) < 4.78 is 12.9. The van der Waals surface area contributed by atoms with E-state index in [0.717, 1.165) is 5.56 Å². The first-order valence-electron chi connectivity index (χ1n) is 6.35. The maximum absolute atomic E-state index is 12.9. The predicted molar refractivity (Wildman–Crippen MR) is 76.9 cm³/mol. The van der Waals surface area contributed by atoms with E-state index in [-0.39, 0.29) is 11.7 Å². The minimum atomic E-state index is -0.329. The molecule has 20 heavy (non-hydrogen) atoms. The molecule has 0 spiro atoms. The van der Waals surface area contributed by atoms with Crippen molar-refractivity contribution in [3.8, 4) is 0 Å². The van der Waals surface area contributed by atoms with Crippen LogP contribution in [-0.4, -0.2) is 12.1 Å². The SMILES string of the molecule is O=C(CCc1ccccc1)N/N=C/c1cccc(F)c1. The van der Waals surface area contributed by atoms with Gasteiger partial charge in [-0.25, -0.2) is 9.82 Å². The number of rotatable bonds is 5. The first-order chi connectivity index (χ1) is 9.74. The number of halogens is 1. The smallest absolute Gasteiger partial charge is 0.240 e. The Morgan fingerprint density at radius 3 is 2.70 bits per heavy atom. The van der Waals surface area contributed by atoms with Gasteiger partial charge in [0.25, 0.3) is 0 Å². The van der Waals surface area contributed by atoms with Gasteiger partial charge in [0, 0.05) is 6.42 Å². The largest absolute Gasteiger partial charge is 0.273 e. The van der Waals surface area contributed by atoms with Gasteiger partial charge in [-0.1, -0.05) is 42.5 Å². The number of carbonyl (C=O) groups excluding carboxylic acids is 1. The number of hydrazone groups is 1. The van der Waals surface area contributed by atoms with Crippen molar-refractivity contribution in [1.29, 1.82) is 0 Å². The monoisotopic (exact) mass is 270 g/mol. The molecule has 0 aliphatic rings. The first-order valence-corrected chi connectivity index (χ1v) is 6.35. The Bertz CT molecular complexity index is 596. The number of nitrogens with zero attached hydrogens (tertiary/aromatic N) is 1. The summed E-state index contributed by atoms with van der Waals surface area (Å²) in [7, 11) is 0. The molecule has 0 saturated carbocycles. The summed E-state index contributed by atoms with van der Waals surface area (Å²) in [6, 6.07) is 15.8. The molecule has 0 atom stereocenters. The zero-order chi connectivity index (χ0) is 14.2. The maximum Gasteiger partial charge on any atom is 0.240 e. The van der Waals surface area contributed by atoms with Gasteiger partial charge in [-0.05, 0) is 29.7 Å². The molecule has 0 unspecified atom stereocenters. The fourth-order valence-electron chi connectivity index (χ4n) is 1.72. The highest BCUT2D eigenvalue weighted by molar-refractivity contribution is 5.82. The number of hydrogen-bond donors (Lipinski definition) is 1. The third-order valence-corrected chi connectivity index (χ3v) is 2.74. The van der Waals surface area contributed by atoms with E-state index in [1.54, 1.807) is 12.1 Å². The lowest BCUT2D eigenvalue weighted by Gasteiger charge is -2.00. The molecule has 0 aromatic heterocycles. The van der Waals surface area contributed by atoms with Crippen LogP contribution in [0.15, 0.2) is 59.7 Å². The lowest BCUT2D eigenvalue weighted by atomic mass is 10.1. The van der Waals surface area contributed by atoms with Crippen LogP contribution in [0, 0.1) is 5.82 Å². The molecule has 102 valence electrons. The van der Waals surface area contributed by atoms with Crippen molar-refractivity contribution in [1.82, 2.24) is 5.43 Å². The van der Waals surface area contributed by atoms with Gasteiger partial charge < -0.3 is 0 Å². The zero-order valence-corrected chi connectivity index (χ0v) is 10.9. The summed E-state index contributed by atoms with van der Waals surface area (Å²) in [4.78, 5) is 11.6. The quantitative estimate of drug-likeness (QED) is 0.658. The van der Waals surface area contributed by atoms with Crippen molar-refractivity contribution in [2.24, 2.45) is 5.10 Å². The molecule has 3 nitrogen and oxygen atoms in total. The Balaban J connectivity index is 1.78. The van der Waals surface area contributed by atoms with E-state index in [0.29, 0.717) is 18.4 Å². The number of aryl methyl sites for hydroxylation is 1. The van der Waals surface area contributed by atoms with Crippen molar-refractivity contribution in [3.05, 3.63) is 71.5 Å². The second kappa shape index (κ2) is 7.19. The molecule has 0 radical (unpaired) electrons. The maximum atomic E-state index is 12.9. The average Bonchev–Trinajstić information content (AvgIpc) is 2.46. The van der Waals surface area contributed by atoms with E-state index in [1.807, 2.05) is 30.3 Å². The second-order valence-corrected chi connectivity index (χ2v) is 4.33. The fraction of sp³-hybridized carbons (Fsp3) is 0.125. The standard InChI is InChI=1S/C16H15FN2O/c17-15-8-4-7-14(11-15)12-18-19-16(20)10-9-13-5-2-1-3-6-13/h1-8,11-12H,9-10H2,(H,19,20)/b18-12+. The van der Waals surface area contributed by atoms with Crippen LogP contribution in [0.1, 0.15) is 17.5 Å². The fourth-order valence-corrected chi connectivity index (χ4v) is 1.72. The van der Waals surface area contributed by atoms with Crippen LogP contribution in [0.2, 0.25) is 0 Å². The summed E-state index contributed by atoms with van der Waals surface area (Å²) in [5.41, 5.74) is 4.14. The van der Waals surface area contributed by atoms with Gasteiger partial charge in [0.2, 0.25) is 5.91 Å². The Morgan fingerprint density at radius 2 is 1.95 bits per heavy atom. The van der Waals surface area contributed by atoms with Gasteiger partial charge in [-0.2, -0.15) is 5.10 Å². The van der Waals surface area contributed by atoms with Crippen LogP contribution in [-0.2, 0) is 11.2 Å². The number of amides is 1. The Hall–Kier alpha value is -2.49. The topological polar surface area (TPSA) is 41.5 Å². The zero-order valence-electron chi connectivity index (χ0n) is 10.9. The van der Waals surface area contributed by atoms with E-state index < -0.39 is 0 Å². The summed E-state index contributed by atoms with van der Waals surface area (Å²) >= 11 is 0. The lowest BCUT2D eigenvalue weighted by molar-refractivity contribution is -0.121.